The van der Waals surface area contributed by atoms with Gasteiger partial charge in [0.2, 0.25) is 0 Å². The Balaban J connectivity index is 1.92. The molecule has 2 aromatic rings. The highest BCUT2D eigenvalue weighted by molar-refractivity contribution is 8.00. The summed E-state index contributed by atoms with van der Waals surface area (Å²) in [7, 11) is 0. The van der Waals surface area contributed by atoms with Crippen molar-refractivity contribution in [2.24, 2.45) is 0 Å². The molecule has 0 aliphatic heterocycles. The number of thioether (sulfide) groups is 1. The fourth-order valence-corrected chi connectivity index (χ4v) is 2.96. The van der Waals surface area contributed by atoms with Crippen LogP contribution in [0.25, 0.3) is 0 Å². The summed E-state index contributed by atoms with van der Waals surface area (Å²) in [4.78, 5) is 13.0. The molecule has 1 amide bonds. The van der Waals surface area contributed by atoms with E-state index in [1.807, 2.05) is 30.3 Å². The number of benzene rings is 1. The van der Waals surface area contributed by atoms with Gasteiger partial charge >= 0.3 is 0 Å². The summed E-state index contributed by atoms with van der Waals surface area (Å²) in [6, 6.07) is 13.4. The summed E-state index contributed by atoms with van der Waals surface area (Å²) < 4.78 is 1.27. The number of rotatable bonds is 4. The molecule has 88 valence electrons. The maximum absolute atomic E-state index is 11.8. The van der Waals surface area contributed by atoms with Crippen LogP contribution in [0, 0.1) is 0 Å². The first-order valence-corrected chi connectivity index (χ1v) is 7.29. The second kappa shape index (κ2) is 5.89. The second-order valence-electron chi connectivity index (χ2n) is 3.47. The Morgan fingerprint density at radius 3 is 2.65 bits per heavy atom. The number of thiophene rings is 1. The van der Waals surface area contributed by atoms with E-state index in [1.54, 1.807) is 23.1 Å². The Labute approximate surface area is 109 Å². The quantitative estimate of drug-likeness (QED) is 0.857. The zero-order valence-corrected chi connectivity index (χ0v) is 11.1. The van der Waals surface area contributed by atoms with Crippen LogP contribution in [0.4, 0.5) is 0 Å². The van der Waals surface area contributed by atoms with Gasteiger partial charge < -0.3 is 5.32 Å². The van der Waals surface area contributed by atoms with Crippen LogP contribution in [0.1, 0.15) is 15.2 Å². The predicted molar refractivity (Wildman–Crippen MR) is 73.7 cm³/mol. The Morgan fingerprint density at radius 1 is 1.24 bits per heavy atom. The molecule has 0 radical (unpaired) electrons. The highest BCUT2D eigenvalue weighted by Crippen LogP contribution is 2.24. The third-order valence-electron chi connectivity index (χ3n) is 2.30. The monoisotopic (exact) mass is 263 g/mol. The molecule has 1 aromatic carbocycles. The molecule has 0 saturated heterocycles. The van der Waals surface area contributed by atoms with Gasteiger partial charge in [-0.05, 0) is 30.5 Å². The van der Waals surface area contributed by atoms with Gasteiger partial charge in [-0.15, -0.1) is 23.1 Å². The van der Waals surface area contributed by atoms with Crippen molar-refractivity contribution in [1.29, 1.82) is 0 Å². The standard InChI is InChI=1S/C13H13NOS2/c1-16-12-8-7-11(17-12)9-14-13(15)10-5-3-2-4-6-10/h2-8H,9H2,1H3,(H,14,15). The number of amides is 1. The molecule has 17 heavy (non-hydrogen) atoms. The van der Waals surface area contributed by atoms with Crippen molar-refractivity contribution in [1.82, 2.24) is 5.32 Å². The van der Waals surface area contributed by atoms with E-state index in [-0.39, 0.29) is 5.91 Å². The van der Waals surface area contributed by atoms with E-state index in [4.69, 9.17) is 0 Å². The number of carbonyl (C=O) groups excluding carboxylic acids is 1. The van der Waals surface area contributed by atoms with Crippen LogP contribution < -0.4 is 5.32 Å². The van der Waals surface area contributed by atoms with Crippen molar-refractivity contribution in [3.63, 3.8) is 0 Å². The first-order valence-electron chi connectivity index (χ1n) is 5.25. The van der Waals surface area contributed by atoms with Crippen molar-refractivity contribution in [3.05, 3.63) is 52.9 Å². The van der Waals surface area contributed by atoms with Crippen molar-refractivity contribution >= 4 is 29.0 Å². The van der Waals surface area contributed by atoms with E-state index in [9.17, 15) is 4.79 Å². The molecule has 4 heteroatoms. The first kappa shape index (κ1) is 12.2. The van der Waals surface area contributed by atoms with E-state index in [0.717, 1.165) is 0 Å². The minimum Gasteiger partial charge on any atom is -0.347 e. The molecule has 2 rings (SSSR count). The highest BCUT2D eigenvalue weighted by Gasteiger charge is 2.05. The number of hydrogen-bond donors (Lipinski definition) is 1. The minimum atomic E-state index is -0.0234. The average Bonchev–Trinajstić information content (AvgIpc) is 2.85. The zero-order valence-electron chi connectivity index (χ0n) is 9.47. The Kier molecular flexibility index (Phi) is 4.23. The molecule has 1 aromatic heterocycles. The van der Waals surface area contributed by atoms with E-state index in [1.165, 1.54) is 9.09 Å². The maximum Gasteiger partial charge on any atom is 0.251 e. The molecule has 0 fully saturated rings. The van der Waals surface area contributed by atoms with Crippen LogP contribution in [0.2, 0.25) is 0 Å². The van der Waals surface area contributed by atoms with Crippen LogP contribution >= 0.6 is 23.1 Å². The Morgan fingerprint density at radius 2 is 2.00 bits per heavy atom. The third-order valence-corrected chi connectivity index (χ3v) is 4.47. The largest absolute Gasteiger partial charge is 0.347 e. The van der Waals surface area contributed by atoms with Gasteiger partial charge in [-0.3, -0.25) is 4.79 Å². The van der Waals surface area contributed by atoms with Crippen LogP contribution in [-0.2, 0) is 6.54 Å². The molecule has 0 spiro atoms. The molecule has 2 nitrogen and oxygen atoms in total. The van der Waals surface area contributed by atoms with E-state index < -0.39 is 0 Å². The minimum absolute atomic E-state index is 0.0234. The smallest absolute Gasteiger partial charge is 0.251 e. The first-order chi connectivity index (χ1) is 8.29. The topological polar surface area (TPSA) is 29.1 Å². The van der Waals surface area contributed by atoms with Gasteiger partial charge in [0.25, 0.3) is 5.91 Å². The summed E-state index contributed by atoms with van der Waals surface area (Å²) in [5.74, 6) is -0.0234. The van der Waals surface area contributed by atoms with Gasteiger partial charge in [-0.1, -0.05) is 18.2 Å². The summed E-state index contributed by atoms with van der Waals surface area (Å²) >= 11 is 3.44. The molecular formula is C13H13NOS2. The molecule has 0 saturated carbocycles. The molecule has 0 unspecified atom stereocenters. The molecule has 1 heterocycles. The van der Waals surface area contributed by atoms with Crippen molar-refractivity contribution in [3.8, 4) is 0 Å². The van der Waals surface area contributed by atoms with Crippen molar-refractivity contribution in [2.75, 3.05) is 6.26 Å². The van der Waals surface area contributed by atoms with Gasteiger partial charge in [0.15, 0.2) is 0 Å². The third kappa shape index (κ3) is 3.35. The van der Waals surface area contributed by atoms with Crippen LogP contribution in [-0.4, -0.2) is 12.2 Å². The van der Waals surface area contributed by atoms with Gasteiger partial charge in [0.05, 0.1) is 10.8 Å². The summed E-state index contributed by atoms with van der Waals surface area (Å²) in [6.07, 6.45) is 2.05. The molecule has 0 aliphatic rings. The maximum atomic E-state index is 11.8. The lowest BCUT2D eigenvalue weighted by molar-refractivity contribution is 0.0951. The fraction of sp³-hybridized carbons (Fsp3) is 0.154. The Hall–Kier alpha value is -1.26. The fourth-order valence-electron chi connectivity index (χ4n) is 1.42. The van der Waals surface area contributed by atoms with Crippen molar-refractivity contribution < 1.29 is 4.79 Å². The van der Waals surface area contributed by atoms with Gasteiger partial charge in [-0.25, -0.2) is 0 Å². The van der Waals surface area contributed by atoms with Crippen molar-refractivity contribution in [2.45, 2.75) is 10.8 Å². The number of carbonyl (C=O) groups is 1. The second-order valence-corrected chi connectivity index (χ2v) is 5.75. The van der Waals surface area contributed by atoms with Crippen LogP contribution in [0.15, 0.2) is 46.7 Å². The molecular weight excluding hydrogens is 250 g/mol. The average molecular weight is 263 g/mol. The van der Waals surface area contributed by atoms with Gasteiger partial charge in [-0.2, -0.15) is 0 Å². The zero-order chi connectivity index (χ0) is 12.1. The summed E-state index contributed by atoms with van der Waals surface area (Å²) in [5.41, 5.74) is 0.703. The van der Waals surface area contributed by atoms with Gasteiger partial charge in [0.1, 0.15) is 0 Å². The summed E-state index contributed by atoms with van der Waals surface area (Å²) in [5, 5.41) is 2.91. The molecule has 0 atom stereocenters. The summed E-state index contributed by atoms with van der Waals surface area (Å²) in [6.45, 7) is 0.596. The normalized spacial score (nSPS) is 10.2. The highest BCUT2D eigenvalue weighted by atomic mass is 32.2. The SMILES string of the molecule is CSc1ccc(CNC(=O)c2ccccc2)s1. The van der Waals surface area contributed by atoms with E-state index >= 15 is 0 Å². The molecule has 0 aliphatic carbocycles. The van der Waals surface area contributed by atoms with Crippen LogP contribution in [0.3, 0.4) is 0 Å². The van der Waals surface area contributed by atoms with Crippen LogP contribution in [0.5, 0.6) is 0 Å². The Bertz CT molecular complexity index is 493. The lowest BCUT2D eigenvalue weighted by Gasteiger charge is -2.02. The predicted octanol–water partition coefficient (Wildman–Crippen LogP) is 3.40. The molecule has 0 bridgehead atoms. The molecule has 1 N–H and O–H groups in total. The van der Waals surface area contributed by atoms with E-state index in [0.29, 0.717) is 12.1 Å². The lowest BCUT2D eigenvalue weighted by Crippen LogP contribution is -2.22. The van der Waals surface area contributed by atoms with Gasteiger partial charge in [0, 0.05) is 10.4 Å². The number of nitrogens with one attached hydrogen (secondary N) is 1. The lowest BCUT2D eigenvalue weighted by atomic mass is 10.2. The number of hydrogen-bond acceptors (Lipinski definition) is 3. The van der Waals surface area contributed by atoms with E-state index in [2.05, 4.69) is 23.7 Å².